The van der Waals surface area contributed by atoms with Gasteiger partial charge in [0.25, 0.3) is 11.6 Å². The first-order valence-electron chi connectivity index (χ1n) is 8.64. The summed E-state index contributed by atoms with van der Waals surface area (Å²) in [7, 11) is 0. The van der Waals surface area contributed by atoms with E-state index in [-0.39, 0.29) is 11.7 Å². The number of hydrogen-bond donors (Lipinski definition) is 0. The van der Waals surface area contributed by atoms with Gasteiger partial charge < -0.3 is 9.47 Å². The monoisotopic (exact) mass is 348 g/mol. The van der Waals surface area contributed by atoms with Crippen molar-refractivity contribution >= 4 is 0 Å². The van der Waals surface area contributed by atoms with Gasteiger partial charge in [-0.25, -0.2) is 0 Å². The molecule has 26 heavy (non-hydrogen) atoms. The van der Waals surface area contributed by atoms with E-state index in [1.165, 1.54) is 22.8 Å². The molecule has 5 heteroatoms. The van der Waals surface area contributed by atoms with Crippen molar-refractivity contribution in [3.05, 3.63) is 76.2 Å². The van der Waals surface area contributed by atoms with Gasteiger partial charge in [-0.15, -0.1) is 0 Å². The van der Waals surface area contributed by atoms with E-state index in [4.69, 9.17) is 9.47 Å². The summed E-state index contributed by atoms with van der Waals surface area (Å²) in [6.45, 7) is 5.27. The molecule has 2 heterocycles. The molecule has 0 spiro atoms. The highest BCUT2D eigenvalue weighted by Crippen LogP contribution is 2.28. The van der Waals surface area contributed by atoms with Crippen LogP contribution in [0.1, 0.15) is 11.1 Å². The summed E-state index contributed by atoms with van der Waals surface area (Å²) in [4.78, 5) is 15.2. The number of rotatable bonds is 4. The van der Waals surface area contributed by atoms with Crippen molar-refractivity contribution in [1.29, 1.82) is 0 Å². The van der Waals surface area contributed by atoms with Crippen molar-refractivity contribution in [3.63, 3.8) is 0 Å². The topological polar surface area (TPSA) is 53.4 Å². The van der Waals surface area contributed by atoms with Gasteiger partial charge in [0.1, 0.15) is 12.4 Å². The predicted molar refractivity (Wildman–Crippen MR) is 99.8 cm³/mol. The highest BCUT2D eigenvalue weighted by Gasteiger charge is 2.23. The molecule has 0 unspecified atom stereocenters. The van der Waals surface area contributed by atoms with Gasteiger partial charge in [-0.1, -0.05) is 30.3 Å². The molecule has 1 atom stereocenters. The van der Waals surface area contributed by atoms with Crippen LogP contribution in [0.15, 0.2) is 59.5 Å². The molecule has 132 valence electrons. The van der Waals surface area contributed by atoms with Crippen LogP contribution in [0, 0.1) is 13.8 Å². The van der Waals surface area contributed by atoms with E-state index in [1.807, 2.05) is 22.8 Å². The number of benzene rings is 2. The predicted octanol–water partition coefficient (Wildman–Crippen LogP) is 3.37. The molecule has 1 aromatic heterocycles. The zero-order chi connectivity index (χ0) is 18.1. The van der Waals surface area contributed by atoms with E-state index in [9.17, 15) is 4.79 Å². The second-order valence-corrected chi connectivity index (χ2v) is 6.53. The molecule has 5 nitrogen and oxygen atoms in total. The maximum Gasteiger partial charge on any atom is 0.300 e. The lowest BCUT2D eigenvalue weighted by Gasteiger charge is -2.13. The van der Waals surface area contributed by atoms with Crippen LogP contribution >= 0.6 is 0 Å². The lowest BCUT2D eigenvalue weighted by molar-refractivity contribution is 0.143. The van der Waals surface area contributed by atoms with Crippen molar-refractivity contribution < 1.29 is 9.47 Å². The Morgan fingerprint density at radius 1 is 1.19 bits per heavy atom. The molecule has 0 saturated heterocycles. The van der Waals surface area contributed by atoms with Crippen molar-refractivity contribution in [3.8, 4) is 22.9 Å². The molecule has 0 fully saturated rings. The molecule has 4 rings (SSSR count). The summed E-state index contributed by atoms with van der Waals surface area (Å²) < 4.78 is 13.4. The Balaban J connectivity index is 1.47. The summed E-state index contributed by atoms with van der Waals surface area (Å²) in [5, 5.41) is 0. The first kappa shape index (κ1) is 16.4. The molecule has 0 amide bonds. The first-order chi connectivity index (χ1) is 12.6. The molecule has 0 saturated carbocycles. The minimum atomic E-state index is -0.293. The quantitative estimate of drug-likeness (QED) is 0.725. The van der Waals surface area contributed by atoms with Gasteiger partial charge in [0.05, 0.1) is 6.54 Å². The minimum absolute atomic E-state index is 0.159. The van der Waals surface area contributed by atoms with Crippen molar-refractivity contribution in [2.75, 3.05) is 6.61 Å². The maximum absolute atomic E-state index is 11.3. The Hall–Kier alpha value is -3.08. The van der Waals surface area contributed by atoms with E-state index in [1.54, 1.807) is 6.20 Å². The molecule has 1 aliphatic heterocycles. The number of ether oxygens (including phenoxy) is 2. The third kappa shape index (κ3) is 3.20. The fourth-order valence-electron chi connectivity index (χ4n) is 3.15. The van der Waals surface area contributed by atoms with Crippen LogP contribution in [0.2, 0.25) is 0 Å². The van der Waals surface area contributed by atoms with Crippen LogP contribution in [0.3, 0.4) is 0 Å². The number of nitrogens with zero attached hydrogens (tertiary/aromatic N) is 2. The highest BCUT2D eigenvalue weighted by atomic mass is 16.6. The van der Waals surface area contributed by atoms with E-state index in [2.05, 4.69) is 43.1 Å². The summed E-state index contributed by atoms with van der Waals surface area (Å²) in [5.41, 5.74) is 4.59. The van der Waals surface area contributed by atoms with E-state index in [0.717, 1.165) is 11.3 Å². The van der Waals surface area contributed by atoms with E-state index < -0.39 is 0 Å². The molecule has 0 bridgehead atoms. The number of fused-ring (bicyclic) bond motifs is 1. The molecule has 0 N–H and O–H groups in total. The van der Waals surface area contributed by atoms with Gasteiger partial charge in [0.15, 0.2) is 6.10 Å². The molecule has 0 aliphatic carbocycles. The Morgan fingerprint density at radius 2 is 2.04 bits per heavy atom. The van der Waals surface area contributed by atoms with Crippen molar-refractivity contribution in [2.45, 2.75) is 26.5 Å². The average Bonchev–Trinajstić information content (AvgIpc) is 3.04. The van der Waals surface area contributed by atoms with Crippen LogP contribution in [-0.2, 0) is 6.54 Å². The van der Waals surface area contributed by atoms with Crippen LogP contribution in [0.25, 0.3) is 11.1 Å². The fourth-order valence-corrected chi connectivity index (χ4v) is 3.15. The molecular weight excluding hydrogens is 328 g/mol. The lowest BCUT2D eigenvalue weighted by Crippen LogP contribution is -2.23. The number of aromatic nitrogens is 2. The maximum atomic E-state index is 11.3. The Kier molecular flexibility index (Phi) is 4.21. The fraction of sp³-hybridized carbons (Fsp3) is 0.238. The minimum Gasteiger partial charge on any atom is -0.490 e. The van der Waals surface area contributed by atoms with Crippen LogP contribution in [0.5, 0.6) is 11.8 Å². The molecule has 3 aromatic rings. The first-order valence-corrected chi connectivity index (χ1v) is 8.64. The largest absolute Gasteiger partial charge is 0.490 e. The van der Waals surface area contributed by atoms with Crippen LogP contribution in [-0.4, -0.2) is 22.3 Å². The van der Waals surface area contributed by atoms with Gasteiger partial charge in [0.2, 0.25) is 0 Å². The standard InChI is InChI=1S/C21H20N2O3/c1-14-5-3-8-19(15(14)2)16-6-4-7-17(11-16)25-13-18-12-23-10-9-20(24)22-21(23)26-18/h3-11,18H,12-13H2,1-2H3/t18-/m0/s1. The molecule has 0 radical (unpaired) electrons. The molecular formula is C21H20N2O3. The highest BCUT2D eigenvalue weighted by molar-refractivity contribution is 5.69. The van der Waals surface area contributed by atoms with Gasteiger partial charge in [-0.05, 0) is 48.2 Å². The van der Waals surface area contributed by atoms with Crippen LogP contribution in [0.4, 0.5) is 0 Å². The Morgan fingerprint density at radius 3 is 2.92 bits per heavy atom. The Bertz CT molecular complexity index is 1010. The SMILES string of the molecule is Cc1cccc(-c2cccc(OC[C@@H]3Cn4ccc(=O)nc4O3)c2)c1C. The van der Waals surface area contributed by atoms with Gasteiger partial charge in [-0.2, -0.15) is 4.98 Å². The van der Waals surface area contributed by atoms with Gasteiger partial charge in [0, 0.05) is 12.3 Å². The van der Waals surface area contributed by atoms with Gasteiger partial charge >= 0.3 is 0 Å². The second kappa shape index (κ2) is 6.67. The summed E-state index contributed by atoms with van der Waals surface area (Å²) in [6.07, 6.45) is 1.54. The smallest absolute Gasteiger partial charge is 0.300 e. The number of hydrogen-bond acceptors (Lipinski definition) is 4. The van der Waals surface area contributed by atoms with E-state index >= 15 is 0 Å². The lowest BCUT2D eigenvalue weighted by atomic mass is 9.97. The third-order valence-corrected chi connectivity index (χ3v) is 4.71. The zero-order valence-electron chi connectivity index (χ0n) is 14.8. The summed E-state index contributed by atoms with van der Waals surface area (Å²) in [5.74, 6) is 0.797. The summed E-state index contributed by atoms with van der Waals surface area (Å²) >= 11 is 0. The van der Waals surface area contributed by atoms with Gasteiger partial charge in [-0.3, -0.25) is 9.36 Å². The average molecular weight is 348 g/mol. The molecule has 1 aliphatic rings. The molecule has 2 aromatic carbocycles. The number of aryl methyl sites for hydroxylation is 1. The second-order valence-electron chi connectivity index (χ2n) is 6.53. The zero-order valence-corrected chi connectivity index (χ0v) is 14.8. The van der Waals surface area contributed by atoms with Crippen molar-refractivity contribution in [1.82, 2.24) is 9.55 Å². The Labute approximate surface area is 151 Å². The van der Waals surface area contributed by atoms with E-state index in [0.29, 0.717) is 19.2 Å². The van der Waals surface area contributed by atoms with Crippen LogP contribution < -0.4 is 15.0 Å². The third-order valence-electron chi connectivity index (χ3n) is 4.71. The van der Waals surface area contributed by atoms with Crippen molar-refractivity contribution in [2.24, 2.45) is 0 Å². The normalized spacial score (nSPS) is 15.4. The summed E-state index contributed by atoms with van der Waals surface area (Å²) in [6, 6.07) is 16.2.